The van der Waals surface area contributed by atoms with E-state index in [9.17, 15) is 24.0 Å². The summed E-state index contributed by atoms with van der Waals surface area (Å²) < 4.78 is 16.9. The molecule has 8 nitrogen and oxygen atoms in total. The Morgan fingerprint density at radius 2 is 1.08 bits per heavy atom. The maximum Gasteiger partial charge on any atom is 0.306 e. The fraction of sp³-hybridized carbons (Fsp3) is 0.780. The molecule has 2 rings (SSSR count). The molecule has 0 N–H and O–H groups in total. The second-order valence-corrected chi connectivity index (χ2v) is 20.0. The van der Waals surface area contributed by atoms with Crippen LogP contribution in [0.1, 0.15) is 114 Å². The van der Waals surface area contributed by atoms with Crippen molar-refractivity contribution < 1.29 is 38.2 Å². The molecule has 2 aliphatic carbocycles. The van der Waals surface area contributed by atoms with Gasteiger partial charge in [0, 0.05) is 52.4 Å². The van der Waals surface area contributed by atoms with E-state index >= 15 is 0 Å². The molecule has 0 fully saturated rings. The molecular formula is C41H66O8S3. The van der Waals surface area contributed by atoms with Crippen molar-refractivity contribution in [2.24, 2.45) is 39.9 Å². The Bertz CT molecular complexity index is 1180. The highest BCUT2D eigenvalue weighted by Crippen LogP contribution is 2.43. The van der Waals surface area contributed by atoms with E-state index in [0.717, 1.165) is 12.8 Å². The first-order chi connectivity index (χ1) is 24.4. The van der Waals surface area contributed by atoms with Gasteiger partial charge in [-0.2, -0.15) is 36.2 Å². The van der Waals surface area contributed by atoms with E-state index in [1.807, 2.05) is 20.8 Å². The van der Waals surface area contributed by atoms with Gasteiger partial charge in [-0.3, -0.25) is 24.0 Å². The van der Waals surface area contributed by atoms with Crippen molar-refractivity contribution in [3.05, 3.63) is 24.3 Å². The van der Waals surface area contributed by atoms with E-state index in [0.29, 0.717) is 36.5 Å². The smallest absolute Gasteiger partial charge is 0.306 e. The molecular weight excluding hydrogens is 717 g/mol. The minimum absolute atomic E-state index is 0.0116. The molecule has 296 valence electrons. The molecule has 0 saturated heterocycles. The van der Waals surface area contributed by atoms with Gasteiger partial charge >= 0.3 is 17.9 Å². The summed E-state index contributed by atoms with van der Waals surface area (Å²) >= 11 is 7.27. The molecule has 6 atom stereocenters. The number of carbonyl (C=O) groups excluding carboxylic acids is 5. The van der Waals surface area contributed by atoms with Crippen LogP contribution in [0.3, 0.4) is 0 Å². The van der Waals surface area contributed by atoms with Crippen LogP contribution in [-0.2, 0) is 38.2 Å². The molecule has 52 heavy (non-hydrogen) atoms. The number of ether oxygens (including phenoxy) is 3. The average molecular weight is 783 g/mol. The van der Waals surface area contributed by atoms with Crippen LogP contribution in [0.4, 0.5) is 0 Å². The molecule has 0 radical (unpaired) electrons. The molecule has 0 spiro atoms. The molecule has 0 saturated carbocycles. The first kappa shape index (κ1) is 46.4. The highest BCUT2D eigenvalue weighted by molar-refractivity contribution is 8.00. The topological polar surface area (TPSA) is 113 Å². The fourth-order valence-electron chi connectivity index (χ4n) is 7.60. The second kappa shape index (κ2) is 22.0. The second-order valence-electron chi connectivity index (χ2n) is 16.4. The van der Waals surface area contributed by atoms with Crippen molar-refractivity contribution in [3.8, 4) is 0 Å². The summed E-state index contributed by atoms with van der Waals surface area (Å²) in [6, 6.07) is 0. The number of rotatable bonds is 23. The Morgan fingerprint density at radius 1 is 0.712 bits per heavy atom. The van der Waals surface area contributed by atoms with Gasteiger partial charge in [-0.25, -0.2) is 0 Å². The SMILES string of the molecule is CCC(COC(=O)CCS)(COC(=O)CCSC(C)CC(=O)C1C(C)C=CCC1(C)C)COC(=O)CCSC(C)CC(=O)C1C(C)C=CCC1(C)C. The van der Waals surface area contributed by atoms with E-state index in [1.54, 1.807) is 23.5 Å². The van der Waals surface area contributed by atoms with Gasteiger partial charge in [-0.15, -0.1) is 0 Å². The van der Waals surface area contributed by atoms with Gasteiger partial charge in [-0.1, -0.05) is 86.6 Å². The predicted octanol–water partition coefficient (Wildman–Crippen LogP) is 8.75. The van der Waals surface area contributed by atoms with E-state index in [1.165, 1.54) is 0 Å². The van der Waals surface area contributed by atoms with Crippen LogP contribution in [0.25, 0.3) is 0 Å². The third-order valence-electron chi connectivity index (χ3n) is 10.7. The van der Waals surface area contributed by atoms with Crippen molar-refractivity contribution in [1.29, 1.82) is 0 Å². The molecule has 11 heteroatoms. The highest BCUT2D eigenvalue weighted by Gasteiger charge is 2.41. The largest absolute Gasteiger partial charge is 0.465 e. The van der Waals surface area contributed by atoms with E-state index < -0.39 is 23.3 Å². The third-order valence-corrected chi connectivity index (χ3v) is 13.2. The van der Waals surface area contributed by atoms with Crippen molar-refractivity contribution in [2.45, 2.75) is 124 Å². The lowest BCUT2D eigenvalue weighted by Gasteiger charge is -2.39. The Kier molecular flexibility index (Phi) is 19.6. The molecule has 2 aliphatic rings. The first-order valence-electron chi connectivity index (χ1n) is 19.1. The number of allylic oxidation sites excluding steroid dienone is 4. The number of thioether (sulfide) groups is 2. The maximum absolute atomic E-state index is 13.2. The summed E-state index contributed by atoms with van der Waals surface area (Å²) in [5.41, 5.74) is -1.03. The van der Waals surface area contributed by atoms with Crippen LogP contribution in [0.5, 0.6) is 0 Å². The number of hydrogen-bond acceptors (Lipinski definition) is 11. The number of esters is 3. The molecule has 0 aliphatic heterocycles. The number of Topliss-reactive ketones (excluding diaryl/α,β-unsaturated/α-hetero) is 2. The number of hydrogen-bond donors (Lipinski definition) is 1. The Morgan fingerprint density at radius 3 is 1.40 bits per heavy atom. The van der Waals surface area contributed by atoms with Crippen molar-refractivity contribution in [3.63, 3.8) is 0 Å². The van der Waals surface area contributed by atoms with Crippen LogP contribution < -0.4 is 0 Å². The standard InChI is InChI=1S/C41H66O8S3/c1-10-41(25-47-34(44)15-20-50,26-48-35(45)16-21-51-30(4)23-32(42)37-28(2)13-11-18-39(37,6)7)27-49-36(46)17-22-52-31(5)24-33(43)38-29(3)14-12-19-40(38,8)9/h11-14,28-31,37-38,50H,10,15-27H2,1-9H3. The molecule has 0 heterocycles. The highest BCUT2D eigenvalue weighted by atomic mass is 32.2. The van der Waals surface area contributed by atoms with Gasteiger partial charge < -0.3 is 14.2 Å². The molecule has 0 aromatic rings. The Hall–Kier alpha value is -1.72. The van der Waals surface area contributed by atoms with E-state index in [-0.39, 0.29) is 95.7 Å². The summed E-state index contributed by atoms with van der Waals surface area (Å²) in [7, 11) is 0. The molecule has 0 aromatic heterocycles. The van der Waals surface area contributed by atoms with Crippen LogP contribution >= 0.6 is 36.2 Å². The number of carbonyl (C=O) groups is 5. The lowest BCUT2D eigenvalue weighted by atomic mass is 9.65. The Labute approximate surface area is 327 Å². The monoisotopic (exact) mass is 782 g/mol. The zero-order chi connectivity index (χ0) is 39.1. The summed E-state index contributed by atoms with van der Waals surface area (Å²) in [4.78, 5) is 64.3. The minimum Gasteiger partial charge on any atom is -0.465 e. The lowest BCUT2D eigenvalue weighted by Crippen LogP contribution is -2.39. The van der Waals surface area contributed by atoms with Crippen molar-refractivity contribution in [1.82, 2.24) is 0 Å². The normalized spacial score (nSPS) is 24.3. The molecule has 0 amide bonds. The first-order valence-corrected chi connectivity index (χ1v) is 21.8. The zero-order valence-corrected chi connectivity index (χ0v) is 35.7. The van der Waals surface area contributed by atoms with Crippen LogP contribution in [-0.4, -0.2) is 77.1 Å². The third kappa shape index (κ3) is 15.2. The zero-order valence-electron chi connectivity index (χ0n) is 33.2. The fourth-order valence-corrected chi connectivity index (χ4v) is 9.72. The molecule has 0 aromatic carbocycles. The van der Waals surface area contributed by atoms with Gasteiger partial charge in [0.25, 0.3) is 0 Å². The van der Waals surface area contributed by atoms with Gasteiger partial charge in [0.05, 0.1) is 24.7 Å². The summed E-state index contributed by atoms with van der Waals surface area (Å²) in [6.45, 7) is 18.6. The number of thiol groups is 1. The summed E-state index contributed by atoms with van der Waals surface area (Å²) in [5.74, 6) is 1.09. The molecule has 0 bridgehead atoms. The van der Waals surface area contributed by atoms with Gasteiger partial charge in [-0.05, 0) is 41.9 Å². The molecule has 6 unspecified atom stereocenters. The minimum atomic E-state index is -0.896. The van der Waals surface area contributed by atoms with Gasteiger partial charge in [0.1, 0.15) is 31.4 Å². The maximum atomic E-state index is 13.2. The quantitative estimate of drug-likeness (QED) is 0.0467. The van der Waals surface area contributed by atoms with Crippen LogP contribution in [0, 0.1) is 39.9 Å². The van der Waals surface area contributed by atoms with E-state index in [4.69, 9.17) is 14.2 Å². The predicted molar refractivity (Wildman–Crippen MR) is 217 cm³/mol. The Balaban J connectivity index is 1.85. The van der Waals surface area contributed by atoms with Gasteiger partial charge in [0.15, 0.2) is 0 Å². The summed E-state index contributed by atoms with van der Waals surface area (Å²) in [5, 5.41) is 0.141. The number of ketones is 2. The van der Waals surface area contributed by atoms with Crippen LogP contribution in [0.15, 0.2) is 24.3 Å². The van der Waals surface area contributed by atoms with E-state index in [2.05, 4.69) is 78.5 Å². The lowest BCUT2D eigenvalue weighted by molar-refractivity contribution is -0.161. The van der Waals surface area contributed by atoms with Crippen molar-refractivity contribution >= 4 is 65.6 Å². The van der Waals surface area contributed by atoms with Crippen LogP contribution in [0.2, 0.25) is 0 Å². The van der Waals surface area contributed by atoms with Gasteiger partial charge in [0.2, 0.25) is 0 Å². The van der Waals surface area contributed by atoms with Crippen molar-refractivity contribution in [2.75, 3.05) is 37.1 Å². The summed E-state index contributed by atoms with van der Waals surface area (Å²) in [6.07, 6.45) is 12.3. The average Bonchev–Trinajstić information content (AvgIpc) is 3.03.